The van der Waals surface area contributed by atoms with E-state index < -0.39 is 0 Å². The van der Waals surface area contributed by atoms with Crippen molar-refractivity contribution in [2.75, 3.05) is 5.32 Å². The number of amides is 1. The van der Waals surface area contributed by atoms with Crippen molar-refractivity contribution in [1.82, 2.24) is 0 Å². The maximum atomic E-state index is 11.9. The molecule has 0 spiro atoms. The summed E-state index contributed by atoms with van der Waals surface area (Å²) in [6, 6.07) is 14.0. The Labute approximate surface area is 120 Å². The zero-order valence-electron chi connectivity index (χ0n) is 12.1. The second-order valence-electron chi connectivity index (χ2n) is 4.98. The van der Waals surface area contributed by atoms with Gasteiger partial charge >= 0.3 is 0 Å². The van der Waals surface area contributed by atoms with Crippen molar-refractivity contribution in [2.45, 2.75) is 20.8 Å². The van der Waals surface area contributed by atoms with Crippen LogP contribution in [0, 0.1) is 20.8 Å². The second-order valence-corrected chi connectivity index (χ2v) is 4.98. The van der Waals surface area contributed by atoms with Crippen molar-refractivity contribution in [3.05, 3.63) is 70.8 Å². The van der Waals surface area contributed by atoms with Gasteiger partial charge in [0, 0.05) is 11.8 Å². The maximum absolute atomic E-state index is 11.9. The van der Waals surface area contributed by atoms with Gasteiger partial charge in [0.15, 0.2) is 0 Å². The molecule has 0 radical (unpaired) electrons. The van der Waals surface area contributed by atoms with Gasteiger partial charge in [-0.3, -0.25) is 4.79 Å². The summed E-state index contributed by atoms with van der Waals surface area (Å²) in [4.78, 5) is 11.9. The Morgan fingerprint density at radius 3 is 2.40 bits per heavy atom. The first kappa shape index (κ1) is 14.1. The highest BCUT2D eigenvalue weighted by molar-refractivity contribution is 6.02. The maximum Gasteiger partial charge on any atom is 0.248 e. The molecule has 1 N–H and O–H groups in total. The Balaban J connectivity index is 2.05. The lowest BCUT2D eigenvalue weighted by atomic mass is 10.1. The fourth-order valence-corrected chi connectivity index (χ4v) is 1.91. The van der Waals surface area contributed by atoms with E-state index in [0.29, 0.717) is 0 Å². The summed E-state index contributed by atoms with van der Waals surface area (Å²) < 4.78 is 0. The number of nitrogens with one attached hydrogen (secondary N) is 1. The number of aryl methyl sites for hydroxylation is 2. The van der Waals surface area contributed by atoms with Crippen LogP contribution in [0.5, 0.6) is 0 Å². The first-order chi connectivity index (χ1) is 9.56. The summed E-state index contributed by atoms with van der Waals surface area (Å²) in [6.45, 7) is 6.09. The van der Waals surface area contributed by atoms with Crippen LogP contribution in [-0.2, 0) is 4.79 Å². The van der Waals surface area contributed by atoms with Crippen LogP contribution >= 0.6 is 0 Å². The summed E-state index contributed by atoms with van der Waals surface area (Å²) in [6.07, 6.45) is 3.38. The minimum absolute atomic E-state index is 0.112. The molecule has 2 aromatic carbocycles. The predicted molar refractivity (Wildman–Crippen MR) is 84.8 cm³/mol. The molecule has 0 aliphatic heterocycles. The molecule has 2 heteroatoms. The van der Waals surface area contributed by atoms with Gasteiger partial charge in [0.25, 0.3) is 0 Å². The first-order valence-electron chi connectivity index (χ1n) is 6.68. The SMILES string of the molecule is Cc1ccc(/C=C\C(=O)Nc2cccc(C)c2C)cc1. The van der Waals surface area contributed by atoms with E-state index in [1.54, 1.807) is 6.08 Å². The van der Waals surface area contributed by atoms with Crippen LogP contribution in [0.3, 0.4) is 0 Å². The van der Waals surface area contributed by atoms with Gasteiger partial charge < -0.3 is 5.32 Å². The van der Waals surface area contributed by atoms with Gasteiger partial charge in [-0.1, -0.05) is 42.0 Å². The van der Waals surface area contributed by atoms with E-state index in [1.165, 1.54) is 11.1 Å². The summed E-state index contributed by atoms with van der Waals surface area (Å²) in [5, 5.41) is 2.91. The molecule has 2 nitrogen and oxygen atoms in total. The third-order valence-electron chi connectivity index (χ3n) is 3.37. The van der Waals surface area contributed by atoms with E-state index in [-0.39, 0.29) is 5.91 Å². The summed E-state index contributed by atoms with van der Waals surface area (Å²) in [7, 11) is 0. The van der Waals surface area contributed by atoms with Crippen LogP contribution in [0.25, 0.3) is 6.08 Å². The Kier molecular flexibility index (Phi) is 4.36. The number of rotatable bonds is 3. The highest BCUT2D eigenvalue weighted by Gasteiger charge is 2.02. The van der Waals surface area contributed by atoms with Gasteiger partial charge in [0.05, 0.1) is 0 Å². The highest BCUT2D eigenvalue weighted by atomic mass is 16.1. The topological polar surface area (TPSA) is 29.1 Å². The van der Waals surface area contributed by atoms with Crippen molar-refractivity contribution < 1.29 is 4.79 Å². The smallest absolute Gasteiger partial charge is 0.248 e. The van der Waals surface area contributed by atoms with Gasteiger partial charge in [-0.25, -0.2) is 0 Å². The van der Waals surface area contributed by atoms with Crippen LogP contribution in [-0.4, -0.2) is 5.91 Å². The molecule has 2 aromatic rings. The minimum Gasteiger partial charge on any atom is -0.322 e. The summed E-state index contributed by atoms with van der Waals surface area (Å²) >= 11 is 0. The lowest BCUT2D eigenvalue weighted by Crippen LogP contribution is -2.09. The average molecular weight is 265 g/mol. The van der Waals surface area contributed by atoms with Crippen LogP contribution in [0.15, 0.2) is 48.5 Å². The molecule has 0 aromatic heterocycles. The molecule has 0 saturated carbocycles. The summed E-state index contributed by atoms with van der Waals surface area (Å²) in [5.74, 6) is -0.112. The van der Waals surface area contributed by atoms with Gasteiger partial charge in [0.1, 0.15) is 0 Å². The first-order valence-corrected chi connectivity index (χ1v) is 6.68. The number of hydrogen-bond acceptors (Lipinski definition) is 1. The molecule has 0 aliphatic carbocycles. The van der Waals surface area contributed by atoms with Crippen molar-refractivity contribution in [3.63, 3.8) is 0 Å². The Morgan fingerprint density at radius 1 is 1.00 bits per heavy atom. The quantitative estimate of drug-likeness (QED) is 0.825. The fourth-order valence-electron chi connectivity index (χ4n) is 1.91. The van der Waals surface area contributed by atoms with Crippen molar-refractivity contribution >= 4 is 17.7 Å². The zero-order valence-corrected chi connectivity index (χ0v) is 12.1. The van der Waals surface area contributed by atoms with Crippen LogP contribution in [0.2, 0.25) is 0 Å². The number of carbonyl (C=O) groups is 1. The van der Waals surface area contributed by atoms with Crippen LogP contribution in [0.1, 0.15) is 22.3 Å². The number of hydrogen-bond donors (Lipinski definition) is 1. The molecule has 20 heavy (non-hydrogen) atoms. The Morgan fingerprint density at radius 2 is 1.70 bits per heavy atom. The van der Waals surface area contributed by atoms with E-state index in [0.717, 1.165) is 16.8 Å². The Bertz CT molecular complexity index is 639. The average Bonchev–Trinajstić information content (AvgIpc) is 2.43. The molecule has 0 heterocycles. The normalized spacial score (nSPS) is 10.8. The Hall–Kier alpha value is -2.35. The van der Waals surface area contributed by atoms with E-state index in [4.69, 9.17) is 0 Å². The molecule has 0 fully saturated rings. The van der Waals surface area contributed by atoms with Crippen molar-refractivity contribution in [1.29, 1.82) is 0 Å². The van der Waals surface area contributed by atoms with Gasteiger partial charge in [-0.2, -0.15) is 0 Å². The number of carbonyl (C=O) groups excluding carboxylic acids is 1. The fraction of sp³-hybridized carbons (Fsp3) is 0.167. The van der Waals surface area contributed by atoms with Gasteiger partial charge in [-0.15, -0.1) is 0 Å². The van der Waals surface area contributed by atoms with Crippen molar-refractivity contribution in [2.24, 2.45) is 0 Å². The molecular weight excluding hydrogens is 246 g/mol. The number of benzene rings is 2. The molecular formula is C18H19NO. The molecule has 0 saturated heterocycles. The zero-order chi connectivity index (χ0) is 14.5. The standard InChI is InChI=1S/C18H19NO/c1-13-7-9-16(10-8-13)11-12-18(20)19-17-6-4-5-14(2)15(17)3/h4-12H,1-3H3,(H,19,20)/b12-11-. The van der Waals surface area contributed by atoms with Crippen LogP contribution < -0.4 is 5.32 Å². The third-order valence-corrected chi connectivity index (χ3v) is 3.37. The van der Waals surface area contributed by atoms with E-state index >= 15 is 0 Å². The highest BCUT2D eigenvalue weighted by Crippen LogP contribution is 2.17. The molecule has 1 amide bonds. The molecule has 0 aliphatic rings. The largest absolute Gasteiger partial charge is 0.322 e. The molecule has 102 valence electrons. The molecule has 2 rings (SSSR count). The number of anilines is 1. The second kappa shape index (κ2) is 6.20. The summed E-state index contributed by atoms with van der Waals surface area (Å²) in [5.41, 5.74) is 5.37. The predicted octanol–water partition coefficient (Wildman–Crippen LogP) is 4.26. The molecule has 0 bridgehead atoms. The van der Waals surface area contributed by atoms with E-state index in [9.17, 15) is 4.79 Å². The van der Waals surface area contributed by atoms with Gasteiger partial charge in [0.2, 0.25) is 5.91 Å². The van der Waals surface area contributed by atoms with E-state index in [2.05, 4.69) is 5.32 Å². The van der Waals surface area contributed by atoms with Gasteiger partial charge in [-0.05, 0) is 49.6 Å². The monoisotopic (exact) mass is 265 g/mol. The lowest BCUT2D eigenvalue weighted by molar-refractivity contribution is -0.111. The lowest BCUT2D eigenvalue weighted by Gasteiger charge is -2.08. The molecule has 0 atom stereocenters. The third kappa shape index (κ3) is 3.58. The van der Waals surface area contributed by atoms with Crippen molar-refractivity contribution in [3.8, 4) is 0 Å². The van der Waals surface area contributed by atoms with E-state index in [1.807, 2.05) is 69.3 Å². The molecule has 0 unspecified atom stereocenters. The van der Waals surface area contributed by atoms with Crippen LogP contribution in [0.4, 0.5) is 5.69 Å². The minimum atomic E-state index is -0.112.